The number of aliphatic hydroxyl groups is 1. The summed E-state index contributed by atoms with van der Waals surface area (Å²) in [5, 5.41) is 12.6. The van der Waals surface area contributed by atoms with Crippen LogP contribution in [0.15, 0.2) is 42.6 Å². The Balaban J connectivity index is 1.74. The molecule has 1 aromatic heterocycles. The lowest BCUT2D eigenvalue weighted by atomic mass is 10.2. The molecule has 0 spiro atoms. The van der Waals surface area contributed by atoms with Gasteiger partial charge in [0.1, 0.15) is 5.75 Å². The Kier molecular flexibility index (Phi) is 3.95. The molecule has 1 fully saturated rings. The molecule has 2 aromatic rings. The Morgan fingerprint density at radius 3 is 2.95 bits per heavy atom. The molecular formula is C16H18N2O2. The smallest absolute Gasteiger partial charge is 0.223 e. The first-order chi connectivity index (χ1) is 9.85. The molecule has 1 aliphatic carbocycles. The molecule has 0 unspecified atom stereocenters. The van der Waals surface area contributed by atoms with Crippen molar-refractivity contribution < 1.29 is 9.84 Å². The molecule has 1 heterocycles. The van der Waals surface area contributed by atoms with Crippen LogP contribution >= 0.6 is 0 Å². The average Bonchev–Trinajstić information content (AvgIpc) is 3.31. The van der Waals surface area contributed by atoms with Crippen molar-refractivity contribution in [1.82, 2.24) is 10.3 Å². The van der Waals surface area contributed by atoms with E-state index in [-0.39, 0.29) is 6.61 Å². The van der Waals surface area contributed by atoms with E-state index in [1.54, 1.807) is 6.20 Å². The van der Waals surface area contributed by atoms with Gasteiger partial charge in [-0.25, -0.2) is 4.98 Å². The third kappa shape index (κ3) is 3.35. The van der Waals surface area contributed by atoms with Crippen LogP contribution < -0.4 is 10.1 Å². The van der Waals surface area contributed by atoms with Crippen LogP contribution in [0.2, 0.25) is 0 Å². The van der Waals surface area contributed by atoms with E-state index in [2.05, 4.69) is 10.3 Å². The molecule has 4 nitrogen and oxygen atoms in total. The minimum atomic E-state index is 0.00944. The zero-order chi connectivity index (χ0) is 13.8. The number of benzene rings is 1. The zero-order valence-electron chi connectivity index (χ0n) is 11.2. The van der Waals surface area contributed by atoms with E-state index >= 15 is 0 Å². The molecule has 0 amide bonds. The van der Waals surface area contributed by atoms with Crippen LogP contribution in [0.1, 0.15) is 24.0 Å². The van der Waals surface area contributed by atoms with E-state index in [0.29, 0.717) is 17.7 Å². The van der Waals surface area contributed by atoms with Gasteiger partial charge in [-0.05, 0) is 36.6 Å². The van der Waals surface area contributed by atoms with Crippen LogP contribution in [0.3, 0.4) is 0 Å². The summed E-state index contributed by atoms with van der Waals surface area (Å²) in [4.78, 5) is 4.30. The van der Waals surface area contributed by atoms with Crippen molar-refractivity contribution in [2.75, 3.05) is 0 Å². The van der Waals surface area contributed by atoms with Crippen molar-refractivity contribution in [3.8, 4) is 11.6 Å². The maximum Gasteiger partial charge on any atom is 0.223 e. The summed E-state index contributed by atoms with van der Waals surface area (Å²) in [5.41, 5.74) is 1.88. The molecule has 3 rings (SSSR count). The number of hydrogen-bond acceptors (Lipinski definition) is 4. The van der Waals surface area contributed by atoms with Gasteiger partial charge in [-0.2, -0.15) is 0 Å². The summed E-state index contributed by atoms with van der Waals surface area (Å²) in [7, 11) is 0. The number of pyridine rings is 1. The van der Waals surface area contributed by atoms with Gasteiger partial charge in [-0.1, -0.05) is 18.2 Å². The number of nitrogens with zero attached hydrogens (tertiary/aromatic N) is 1. The van der Waals surface area contributed by atoms with Gasteiger partial charge in [-0.3, -0.25) is 0 Å². The number of aliphatic hydroxyl groups excluding tert-OH is 1. The summed E-state index contributed by atoms with van der Waals surface area (Å²) in [5.74, 6) is 1.32. The van der Waals surface area contributed by atoms with Gasteiger partial charge in [-0.15, -0.1) is 0 Å². The van der Waals surface area contributed by atoms with Gasteiger partial charge in [0, 0.05) is 24.3 Å². The predicted molar refractivity (Wildman–Crippen MR) is 76.5 cm³/mol. The normalized spacial score (nSPS) is 14.2. The van der Waals surface area contributed by atoms with Gasteiger partial charge >= 0.3 is 0 Å². The molecule has 1 aromatic carbocycles. The van der Waals surface area contributed by atoms with E-state index in [4.69, 9.17) is 9.84 Å². The van der Waals surface area contributed by atoms with Gasteiger partial charge in [0.25, 0.3) is 0 Å². The lowest BCUT2D eigenvalue weighted by Gasteiger charge is -2.11. The highest BCUT2D eigenvalue weighted by Crippen LogP contribution is 2.25. The summed E-state index contributed by atoms with van der Waals surface area (Å²) in [6, 6.07) is 12.0. The van der Waals surface area contributed by atoms with Crippen LogP contribution in [0.5, 0.6) is 11.6 Å². The van der Waals surface area contributed by atoms with Crippen LogP contribution in [0.4, 0.5) is 0 Å². The van der Waals surface area contributed by atoms with Crippen molar-refractivity contribution >= 4 is 0 Å². The molecule has 0 bridgehead atoms. The molecule has 0 aliphatic heterocycles. The number of aromatic nitrogens is 1. The maximum absolute atomic E-state index is 9.15. The SMILES string of the molecule is OCc1cccc(Oc2ncccc2CNC2CC2)c1. The van der Waals surface area contributed by atoms with Gasteiger partial charge in [0.05, 0.1) is 6.61 Å². The summed E-state index contributed by atoms with van der Waals surface area (Å²) >= 11 is 0. The van der Waals surface area contributed by atoms with E-state index in [0.717, 1.165) is 17.7 Å². The Labute approximate surface area is 118 Å². The molecule has 0 saturated heterocycles. The number of ether oxygens (including phenoxy) is 1. The lowest BCUT2D eigenvalue weighted by molar-refractivity contribution is 0.281. The highest BCUT2D eigenvalue weighted by molar-refractivity contribution is 5.34. The van der Waals surface area contributed by atoms with Gasteiger partial charge in [0.15, 0.2) is 0 Å². The van der Waals surface area contributed by atoms with Crippen LogP contribution in [-0.4, -0.2) is 16.1 Å². The Bertz CT molecular complexity index is 582. The Morgan fingerprint density at radius 2 is 2.15 bits per heavy atom. The number of hydrogen-bond donors (Lipinski definition) is 2. The summed E-state index contributed by atoms with van der Waals surface area (Å²) in [6.07, 6.45) is 4.25. The maximum atomic E-state index is 9.15. The van der Waals surface area contributed by atoms with Crippen LogP contribution in [0, 0.1) is 0 Å². The average molecular weight is 270 g/mol. The van der Waals surface area contributed by atoms with Crippen LogP contribution in [0.25, 0.3) is 0 Å². The van der Waals surface area contributed by atoms with E-state index in [1.807, 2.05) is 36.4 Å². The van der Waals surface area contributed by atoms with E-state index < -0.39 is 0 Å². The number of nitrogens with one attached hydrogen (secondary N) is 1. The van der Waals surface area contributed by atoms with Crippen molar-refractivity contribution in [3.63, 3.8) is 0 Å². The molecule has 0 radical (unpaired) electrons. The summed E-state index contributed by atoms with van der Waals surface area (Å²) in [6.45, 7) is 0.781. The third-order valence-corrected chi connectivity index (χ3v) is 3.30. The summed E-state index contributed by atoms with van der Waals surface area (Å²) < 4.78 is 5.84. The quantitative estimate of drug-likeness (QED) is 0.847. The molecule has 0 atom stereocenters. The first kappa shape index (κ1) is 13.1. The largest absolute Gasteiger partial charge is 0.439 e. The standard InChI is InChI=1S/C16H18N2O2/c19-11-12-3-1-5-15(9-12)20-16-13(4-2-8-17-16)10-18-14-6-7-14/h1-5,8-9,14,18-19H,6-7,10-11H2. The van der Waals surface area contributed by atoms with E-state index in [9.17, 15) is 0 Å². The van der Waals surface area contributed by atoms with Crippen molar-refractivity contribution in [2.24, 2.45) is 0 Å². The molecule has 1 aliphatic rings. The Hall–Kier alpha value is -1.91. The molecule has 4 heteroatoms. The van der Waals surface area contributed by atoms with Crippen LogP contribution in [-0.2, 0) is 13.2 Å². The van der Waals surface area contributed by atoms with Crippen molar-refractivity contribution in [3.05, 3.63) is 53.7 Å². The zero-order valence-corrected chi connectivity index (χ0v) is 11.2. The Morgan fingerprint density at radius 1 is 1.25 bits per heavy atom. The highest BCUT2D eigenvalue weighted by atomic mass is 16.5. The minimum Gasteiger partial charge on any atom is -0.439 e. The fraction of sp³-hybridized carbons (Fsp3) is 0.312. The fourth-order valence-corrected chi connectivity index (χ4v) is 2.01. The molecule has 1 saturated carbocycles. The second kappa shape index (κ2) is 6.03. The van der Waals surface area contributed by atoms with E-state index in [1.165, 1.54) is 12.8 Å². The van der Waals surface area contributed by atoms with Crippen molar-refractivity contribution in [1.29, 1.82) is 0 Å². The lowest BCUT2D eigenvalue weighted by Crippen LogP contribution is -2.16. The monoisotopic (exact) mass is 270 g/mol. The molecule has 2 N–H and O–H groups in total. The van der Waals surface area contributed by atoms with Crippen molar-refractivity contribution in [2.45, 2.75) is 32.0 Å². The molecule has 20 heavy (non-hydrogen) atoms. The fourth-order valence-electron chi connectivity index (χ4n) is 2.01. The molecular weight excluding hydrogens is 252 g/mol. The molecule has 104 valence electrons. The van der Waals surface area contributed by atoms with Gasteiger partial charge in [0.2, 0.25) is 5.88 Å². The predicted octanol–water partition coefficient (Wildman–Crippen LogP) is 2.62. The first-order valence-corrected chi connectivity index (χ1v) is 6.90. The second-order valence-corrected chi connectivity index (χ2v) is 5.03. The van der Waals surface area contributed by atoms with Gasteiger partial charge < -0.3 is 15.2 Å². The first-order valence-electron chi connectivity index (χ1n) is 6.90. The minimum absolute atomic E-state index is 0.00944. The third-order valence-electron chi connectivity index (χ3n) is 3.30. The second-order valence-electron chi connectivity index (χ2n) is 5.03. The highest BCUT2D eigenvalue weighted by Gasteiger charge is 2.20. The topological polar surface area (TPSA) is 54.4 Å². The number of rotatable bonds is 6.